The number of anilines is 1. The number of amides is 2. The molecule has 0 aliphatic carbocycles. The monoisotopic (exact) mass is 528 g/mol. The van der Waals surface area contributed by atoms with Gasteiger partial charge in [0.05, 0.1) is 25.8 Å². The number of nitrogens with zero attached hydrogens (tertiary/aromatic N) is 2. The Morgan fingerprint density at radius 1 is 0.949 bits per heavy atom. The Hall–Kier alpha value is -4.07. The first-order chi connectivity index (χ1) is 18.9. The third-order valence-corrected chi connectivity index (χ3v) is 8.05. The van der Waals surface area contributed by atoms with Crippen molar-refractivity contribution in [3.05, 3.63) is 83.0 Å². The van der Waals surface area contributed by atoms with E-state index in [-0.39, 0.29) is 23.9 Å². The molecule has 3 aromatic rings. The second-order valence-electron chi connectivity index (χ2n) is 10.4. The van der Waals surface area contributed by atoms with Crippen LogP contribution in [0, 0.1) is 6.92 Å². The third kappa shape index (κ3) is 5.55. The average molecular weight is 529 g/mol. The molecule has 0 radical (unpaired) electrons. The molecule has 2 aliphatic heterocycles. The standard InChI is InChI=1S/C31H36N4O4/c1-19-27(6-5-7-28(19)39-4)31(37)34-23-16-24-11-12-25(17-23)35(24)29-15-10-22(18-32-29)30(36)33-20(2)21-8-13-26(38-3)14-9-21/h5-10,13-15,18,20,23-25H,11-12,16-17H2,1-4H3,(H,33,36)(H,34,37)/t20-,23?,24?,25?/m1/s1. The molecule has 2 saturated heterocycles. The number of carbonyl (C=O) groups is 2. The van der Waals surface area contributed by atoms with E-state index in [2.05, 4.69) is 20.5 Å². The lowest BCUT2D eigenvalue weighted by molar-refractivity contribution is 0.0922. The van der Waals surface area contributed by atoms with Crippen LogP contribution in [0.5, 0.6) is 11.5 Å². The summed E-state index contributed by atoms with van der Waals surface area (Å²) >= 11 is 0. The van der Waals surface area contributed by atoms with E-state index in [1.807, 2.05) is 68.4 Å². The molecule has 2 unspecified atom stereocenters. The summed E-state index contributed by atoms with van der Waals surface area (Å²) in [6.45, 7) is 3.87. The highest BCUT2D eigenvalue weighted by Gasteiger charge is 2.42. The zero-order valence-corrected chi connectivity index (χ0v) is 22.9. The lowest BCUT2D eigenvalue weighted by Crippen LogP contribution is -2.50. The molecule has 2 fully saturated rings. The highest BCUT2D eigenvalue weighted by Crippen LogP contribution is 2.38. The molecule has 2 amide bonds. The van der Waals surface area contributed by atoms with Gasteiger partial charge in [-0.15, -0.1) is 0 Å². The van der Waals surface area contributed by atoms with Crippen molar-refractivity contribution in [3.63, 3.8) is 0 Å². The highest BCUT2D eigenvalue weighted by molar-refractivity contribution is 5.96. The number of ether oxygens (including phenoxy) is 2. The van der Waals surface area contributed by atoms with Gasteiger partial charge in [-0.1, -0.05) is 18.2 Å². The molecule has 3 atom stereocenters. The van der Waals surface area contributed by atoms with Crippen LogP contribution >= 0.6 is 0 Å². The Morgan fingerprint density at radius 2 is 1.67 bits per heavy atom. The van der Waals surface area contributed by atoms with Gasteiger partial charge < -0.3 is 25.0 Å². The molecular weight excluding hydrogens is 492 g/mol. The quantitative estimate of drug-likeness (QED) is 0.435. The summed E-state index contributed by atoms with van der Waals surface area (Å²) in [6.07, 6.45) is 5.53. The van der Waals surface area contributed by atoms with Crippen LogP contribution in [0.2, 0.25) is 0 Å². The van der Waals surface area contributed by atoms with Crippen molar-refractivity contribution in [1.29, 1.82) is 0 Å². The van der Waals surface area contributed by atoms with Crippen molar-refractivity contribution in [1.82, 2.24) is 15.6 Å². The Kier molecular flexibility index (Phi) is 7.72. The Morgan fingerprint density at radius 3 is 2.28 bits per heavy atom. The predicted molar refractivity (Wildman–Crippen MR) is 151 cm³/mol. The molecule has 2 N–H and O–H groups in total. The van der Waals surface area contributed by atoms with E-state index in [1.165, 1.54) is 0 Å². The normalized spacial score (nSPS) is 20.7. The predicted octanol–water partition coefficient (Wildman–Crippen LogP) is 4.83. The molecule has 5 rings (SSSR count). The molecule has 1 aromatic heterocycles. The maximum absolute atomic E-state index is 13.0. The van der Waals surface area contributed by atoms with Crippen LogP contribution in [-0.4, -0.2) is 49.1 Å². The van der Waals surface area contributed by atoms with E-state index in [0.717, 1.165) is 54.1 Å². The smallest absolute Gasteiger partial charge is 0.253 e. The summed E-state index contributed by atoms with van der Waals surface area (Å²) in [4.78, 5) is 33.0. The van der Waals surface area contributed by atoms with E-state index in [4.69, 9.17) is 9.47 Å². The zero-order chi connectivity index (χ0) is 27.5. The number of fused-ring (bicyclic) bond motifs is 2. The van der Waals surface area contributed by atoms with Crippen LogP contribution in [0.1, 0.15) is 70.5 Å². The topological polar surface area (TPSA) is 92.8 Å². The summed E-state index contributed by atoms with van der Waals surface area (Å²) in [5.74, 6) is 2.17. The first-order valence-corrected chi connectivity index (χ1v) is 13.5. The Labute approximate surface area is 229 Å². The van der Waals surface area contributed by atoms with Crippen molar-refractivity contribution in [2.45, 2.75) is 63.7 Å². The van der Waals surface area contributed by atoms with Crippen molar-refractivity contribution >= 4 is 17.6 Å². The van der Waals surface area contributed by atoms with Crippen LogP contribution in [0.3, 0.4) is 0 Å². The number of nitrogens with one attached hydrogen (secondary N) is 2. The van der Waals surface area contributed by atoms with Gasteiger partial charge in [0, 0.05) is 35.4 Å². The number of hydrogen-bond donors (Lipinski definition) is 2. The van der Waals surface area contributed by atoms with Gasteiger partial charge in [0.25, 0.3) is 11.8 Å². The van der Waals surface area contributed by atoms with Crippen molar-refractivity contribution in [2.24, 2.45) is 0 Å². The molecule has 3 heterocycles. The van der Waals surface area contributed by atoms with Crippen molar-refractivity contribution in [2.75, 3.05) is 19.1 Å². The molecular formula is C31H36N4O4. The first-order valence-electron chi connectivity index (χ1n) is 13.5. The minimum atomic E-state index is -0.158. The number of benzene rings is 2. The molecule has 8 nitrogen and oxygen atoms in total. The summed E-state index contributed by atoms with van der Waals surface area (Å²) in [5.41, 5.74) is 3.04. The van der Waals surface area contributed by atoms with Gasteiger partial charge in [-0.3, -0.25) is 9.59 Å². The van der Waals surface area contributed by atoms with E-state index < -0.39 is 0 Å². The minimum Gasteiger partial charge on any atom is -0.497 e. The largest absolute Gasteiger partial charge is 0.497 e. The fourth-order valence-electron chi connectivity index (χ4n) is 5.94. The average Bonchev–Trinajstić information content (AvgIpc) is 3.22. The Balaban J connectivity index is 1.20. The second kappa shape index (κ2) is 11.4. The Bertz CT molecular complexity index is 1310. The first kappa shape index (κ1) is 26.5. The third-order valence-electron chi connectivity index (χ3n) is 8.05. The number of methoxy groups -OCH3 is 2. The van der Waals surface area contributed by atoms with E-state index in [0.29, 0.717) is 23.2 Å². The maximum atomic E-state index is 13.0. The fraction of sp³-hybridized carbons (Fsp3) is 0.387. The fourth-order valence-corrected chi connectivity index (χ4v) is 5.94. The van der Waals surface area contributed by atoms with Gasteiger partial charge in [-0.05, 0) is 81.5 Å². The lowest BCUT2D eigenvalue weighted by Gasteiger charge is -2.40. The summed E-state index contributed by atoms with van der Waals surface area (Å²) in [5, 5.41) is 6.31. The highest BCUT2D eigenvalue weighted by atomic mass is 16.5. The van der Waals surface area contributed by atoms with Crippen LogP contribution < -0.4 is 25.0 Å². The second-order valence-corrected chi connectivity index (χ2v) is 10.4. The van der Waals surface area contributed by atoms with Gasteiger partial charge in [0.1, 0.15) is 17.3 Å². The van der Waals surface area contributed by atoms with E-state index >= 15 is 0 Å². The van der Waals surface area contributed by atoms with Crippen LogP contribution in [0.15, 0.2) is 60.8 Å². The number of hydrogen-bond acceptors (Lipinski definition) is 6. The van der Waals surface area contributed by atoms with Gasteiger partial charge in [-0.25, -0.2) is 4.98 Å². The summed E-state index contributed by atoms with van der Waals surface area (Å²) in [6, 6.07) is 17.6. The molecule has 2 bridgehead atoms. The molecule has 8 heteroatoms. The van der Waals surface area contributed by atoms with Crippen LogP contribution in [-0.2, 0) is 0 Å². The SMILES string of the molecule is COc1ccc([C@@H](C)NC(=O)c2ccc(N3C4CCC3CC(NC(=O)c3cccc(OC)c3C)C4)nc2)cc1. The van der Waals surface area contributed by atoms with Crippen LogP contribution in [0.4, 0.5) is 5.82 Å². The number of carbonyl (C=O) groups excluding carboxylic acids is 2. The summed E-state index contributed by atoms with van der Waals surface area (Å²) in [7, 11) is 3.25. The number of rotatable bonds is 8. The van der Waals surface area contributed by atoms with Gasteiger partial charge in [0.15, 0.2) is 0 Å². The van der Waals surface area contributed by atoms with Gasteiger partial charge in [0.2, 0.25) is 0 Å². The molecule has 0 spiro atoms. The maximum Gasteiger partial charge on any atom is 0.253 e. The zero-order valence-electron chi connectivity index (χ0n) is 22.9. The van der Waals surface area contributed by atoms with E-state index in [9.17, 15) is 9.59 Å². The van der Waals surface area contributed by atoms with E-state index in [1.54, 1.807) is 20.4 Å². The van der Waals surface area contributed by atoms with Crippen LogP contribution in [0.25, 0.3) is 0 Å². The number of pyridine rings is 1. The lowest BCUT2D eigenvalue weighted by atomic mass is 9.96. The summed E-state index contributed by atoms with van der Waals surface area (Å²) < 4.78 is 10.6. The minimum absolute atomic E-state index is 0.0541. The molecule has 2 aromatic carbocycles. The van der Waals surface area contributed by atoms with Gasteiger partial charge in [-0.2, -0.15) is 0 Å². The van der Waals surface area contributed by atoms with Crippen molar-refractivity contribution in [3.8, 4) is 11.5 Å². The number of piperidine rings is 1. The van der Waals surface area contributed by atoms with Gasteiger partial charge >= 0.3 is 0 Å². The molecule has 204 valence electrons. The van der Waals surface area contributed by atoms with Crippen molar-refractivity contribution < 1.29 is 19.1 Å². The molecule has 0 saturated carbocycles. The molecule has 2 aliphatic rings. The number of aromatic nitrogens is 1. The molecule has 39 heavy (non-hydrogen) atoms.